The third-order valence-corrected chi connectivity index (χ3v) is 6.44. The molecule has 2 aliphatic rings. The van der Waals surface area contributed by atoms with E-state index in [2.05, 4.69) is 13.8 Å². The third-order valence-electron chi connectivity index (χ3n) is 4.25. The number of hydrogen-bond donors (Lipinski definition) is 0. The predicted octanol–water partition coefficient (Wildman–Crippen LogP) is 2.62. The van der Waals surface area contributed by atoms with E-state index in [1.54, 1.807) is 0 Å². The van der Waals surface area contributed by atoms with Crippen LogP contribution in [-0.2, 0) is 14.6 Å². The molecular formula is C13H23ClO3S. The molecule has 2 heterocycles. The van der Waals surface area contributed by atoms with Gasteiger partial charge in [-0.15, -0.1) is 11.6 Å². The van der Waals surface area contributed by atoms with Crippen LogP contribution < -0.4 is 0 Å². The molecule has 5 heteroatoms. The Morgan fingerprint density at radius 2 is 2.11 bits per heavy atom. The van der Waals surface area contributed by atoms with Crippen molar-refractivity contribution in [1.29, 1.82) is 0 Å². The number of alkyl halides is 1. The number of halogens is 1. The number of rotatable bonds is 4. The molecule has 2 fully saturated rings. The van der Waals surface area contributed by atoms with Crippen molar-refractivity contribution in [3.05, 3.63) is 0 Å². The van der Waals surface area contributed by atoms with Crippen LogP contribution in [0.15, 0.2) is 0 Å². The van der Waals surface area contributed by atoms with E-state index in [1.807, 2.05) is 0 Å². The van der Waals surface area contributed by atoms with Gasteiger partial charge in [0.15, 0.2) is 9.84 Å². The van der Waals surface area contributed by atoms with E-state index in [0.29, 0.717) is 17.4 Å². The first-order chi connectivity index (χ1) is 8.31. The van der Waals surface area contributed by atoms with Gasteiger partial charge in [-0.05, 0) is 51.4 Å². The van der Waals surface area contributed by atoms with Crippen molar-refractivity contribution < 1.29 is 13.2 Å². The van der Waals surface area contributed by atoms with Gasteiger partial charge in [0.2, 0.25) is 0 Å². The monoisotopic (exact) mass is 294 g/mol. The highest BCUT2D eigenvalue weighted by Gasteiger charge is 2.37. The molecule has 18 heavy (non-hydrogen) atoms. The molecule has 106 valence electrons. The average Bonchev–Trinajstić information content (AvgIpc) is 2.78. The zero-order chi connectivity index (χ0) is 13.4. The Labute approximate surface area is 115 Å². The summed E-state index contributed by atoms with van der Waals surface area (Å²) in [6.45, 7) is 4.23. The van der Waals surface area contributed by atoms with Gasteiger partial charge >= 0.3 is 0 Å². The minimum Gasteiger partial charge on any atom is -0.372 e. The average molecular weight is 295 g/mol. The Balaban J connectivity index is 1.91. The third kappa shape index (κ3) is 3.61. The van der Waals surface area contributed by atoms with Gasteiger partial charge < -0.3 is 4.74 Å². The van der Waals surface area contributed by atoms with Crippen LogP contribution in [0.25, 0.3) is 0 Å². The molecule has 0 bridgehead atoms. The molecule has 0 saturated carbocycles. The summed E-state index contributed by atoms with van der Waals surface area (Å²) in [5.74, 6) is 1.71. The summed E-state index contributed by atoms with van der Waals surface area (Å²) >= 11 is 6.04. The van der Waals surface area contributed by atoms with Crippen LogP contribution in [0.1, 0.15) is 39.5 Å². The van der Waals surface area contributed by atoms with Crippen LogP contribution in [0.3, 0.4) is 0 Å². The maximum Gasteiger partial charge on any atom is 0.150 e. The molecule has 0 spiro atoms. The quantitative estimate of drug-likeness (QED) is 0.749. The first kappa shape index (κ1) is 14.6. The molecule has 3 nitrogen and oxygen atoms in total. The largest absolute Gasteiger partial charge is 0.372 e. The van der Waals surface area contributed by atoms with Gasteiger partial charge in [-0.1, -0.05) is 0 Å². The second-order valence-electron chi connectivity index (χ2n) is 6.35. The molecule has 3 unspecified atom stereocenters. The van der Waals surface area contributed by atoms with Crippen molar-refractivity contribution in [3.63, 3.8) is 0 Å². The molecule has 0 aromatic rings. The predicted molar refractivity (Wildman–Crippen MR) is 73.8 cm³/mol. The summed E-state index contributed by atoms with van der Waals surface area (Å²) in [5.41, 5.74) is -0.0245. The van der Waals surface area contributed by atoms with Crippen LogP contribution in [0.5, 0.6) is 0 Å². The van der Waals surface area contributed by atoms with Crippen molar-refractivity contribution in [2.75, 3.05) is 17.4 Å². The van der Waals surface area contributed by atoms with Gasteiger partial charge in [-0.25, -0.2) is 8.42 Å². The van der Waals surface area contributed by atoms with E-state index in [4.69, 9.17) is 16.3 Å². The molecule has 0 N–H and O–H groups in total. The summed E-state index contributed by atoms with van der Waals surface area (Å²) in [6.07, 6.45) is 4.09. The Hall–Kier alpha value is 0.200. The maximum atomic E-state index is 11.5. The van der Waals surface area contributed by atoms with Crippen LogP contribution in [-0.4, -0.2) is 37.5 Å². The summed E-state index contributed by atoms with van der Waals surface area (Å²) in [5, 5.41) is 0. The molecule has 3 atom stereocenters. The fourth-order valence-corrected chi connectivity index (χ4v) is 5.46. The Morgan fingerprint density at radius 3 is 2.56 bits per heavy atom. The fourth-order valence-electron chi connectivity index (χ4n) is 3.16. The smallest absolute Gasteiger partial charge is 0.150 e. The maximum absolute atomic E-state index is 11.5. The minimum atomic E-state index is -2.81. The molecule has 2 aliphatic heterocycles. The summed E-state index contributed by atoms with van der Waals surface area (Å²) < 4.78 is 29.0. The normalized spacial score (nSPS) is 35.7. The van der Waals surface area contributed by atoms with E-state index >= 15 is 0 Å². The van der Waals surface area contributed by atoms with Crippen molar-refractivity contribution in [2.24, 2.45) is 11.8 Å². The topological polar surface area (TPSA) is 43.4 Å². The molecule has 0 amide bonds. The lowest BCUT2D eigenvalue weighted by Gasteiger charge is -2.25. The van der Waals surface area contributed by atoms with Crippen LogP contribution >= 0.6 is 11.6 Å². The zero-order valence-corrected chi connectivity index (χ0v) is 12.8. The van der Waals surface area contributed by atoms with E-state index in [1.165, 1.54) is 0 Å². The summed E-state index contributed by atoms with van der Waals surface area (Å²) in [7, 11) is -2.81. The second kappa shape index (κ2) is 5.29. The Kier molecular flexibility index (Phi) is 4.30. The lowest BCUT2D eigenvalue weighted by atomic mass is 9.88. The SMILES string of the molecule is CC1(C)CCC(CC(CCl)C2CCS(=O)(=O)C2)O1. The molecule has 0 aliphatic carbocycles. The van der Waals surface area contributed by atoms with E-state index in [0.717, 1.165) is 25.7 Å². The van der Waals surface area contributed by atoms with Crippen molar-refractivity contribution in [3.8, 4) is 0 Å². The van der Waals surface area contributed by atoms with Crippen molar-refractivity contribution in [2.45, 2.75) is 51.2 Å². The molecule has 0 radical (unpaired) electrons. The standard InChI is InChI=1S/C13H23ClO3S/c1-13(2)5-3-12(17-13)7-11(8-14)10-4-6-18(15,16)9-10/h10-12H,3-9H2,1-2H3. The highest BCUT2D eigenvalue weighted by atomic mass is 35.5. The van der Waals surface area contributed by atoms with Crippen molar-refractivity contribution >= 4 is 21.4 Å². The summed E-state index contributed by atoms with van der Waals surface area (Å²) in [6, 6.07) is 0. The van der Waals surface area contributed by atoms with E-state index in [9.17, 15) is 8.42 Å². The van der Waals surface area contributed by atoms with Crippen LogP contribution in [0.2, 0.25) is 0 Å². The lowest BCUT2D eigenvalue weighted by Crippen LogP contribution is -2.26. The highest BCUT2D eigenvalue weighted by molar-refractivity contribution is 7.91. The van der Waals surface area contributed by atoms with Gasteiger partial charge in [-0.2, -0.15) is 0 Å². The summed E-state index contributed by atoms with van der Waals surface area (Å²) in [4.78, 5) is 0. The fraction of sp³-hybridized carbons (Fsp3) is 1.00. The molecular weight excluding hydrogens is 272 g/mol. The highest BCUT2D eigenvalue weighted by Crippen LogP contribution is 2.36. The van der Waals surface area contributed by atoms with Gasteiger partial charge in [0, 0.05) is 5.88 Å². The second-order valence-corrected chi connectivity index (χ2v) is 8.89. The molecule has 2 rings (SSSR count). The first-order valence-electron chi connectivity index (χ1n) is 6.75. The number of hydrogen-bond acceptors (Lipinski definition) is 3. The van der Waals surface area contributed by atoms with Gasteiger partial charge in [-0.3, -0.25) is 0 Å². The number of sulfone groups is 1. The van der Waals surface area contributed by atoms with Gasteiger partial charge in [0.1, 0.15) is 0 Å². The molecule has 0 aromatic carbocycles. The van der Waals surface area contributed by atoms with Crippen LogP contribution in [0, 0.1) is 11.8 Å². The Bertz CT molecular complexity index is 391. The van der Waals surface area contributed by atoms with Gasteiger partial charge in [0.05, 0.1) is 23.2 Å². The van der Waals surface area contributed by atoms with Crippen LogP contribution in [0.4, 0.5) is 0 Å². The number of ether oxygens (including phenoxy) is 1. The first-order valence-corrected chi connectivity index (χ1v) is 9.11. The minimum absolute atomic E-state index is 0.0245. The van der Waals surface area contributed by atoms with E-state index in [-0.39, 0.29) is 23.5 Å². The Morgan fingerprint density at radius 1 is 1.39 bits per heavy atom. The zero-order valence-electron chi connectivity index (χ0n) is 11.2. The van der Waals surface area contributed by atoms with E-state index < -0.39 is 9.84 Å². The van der Waals surface area contributed by atoms with Gasteiger partial charge in [0.25, 0.3) is 0 Å². The lowest BCUT2D eigenvalue weighted by molar-refractivity contribution is -0.0259. The van der Waals surface area contributed by atoms with Crippen molar-refractivity contribution in [1.82, 2.24) is 0 Å². The molecule has 2 saturated heterocycles. The molecule has 0 aromatic heterocycles.